The summed E-state index contributed by atoms with van der Waals surface area (Å²) in [5.74, 6) is -2.24. The number of carboxylic acids is 1. The monoisotopic (exact) mass is 405 g/mol. The SMILES string of the molecule is C=CCOCC1CCC2C1OCCN2Cc1cnn(C)c1.O=C(O)C(F)(F)F. The van der Waals surface area contributed by atoms with Crippen LogP contribution in [-0.2, 0) is 27.9 Å². The zero-order chi connectivity index (χ0) is 20.7. The molecule has 28 heavy (non-hydrogen) atoms. The minimum absolute atomic E-state index is 0.320. The molecule has 7 nitrogen and oxygen atoms in total. The molecule has 3 unspecified atom stereocenters. The Kier molecular flexibility index (Phi) is 8.02. The molecule has 0 spiro atoms. The molecule has 2 heterocycles. The number of alkyl halides is 3. The molecule has 0 aromatic carbocycles. The number of aryl methyl sites for hydroxylation is 1. The minimum Gasteiger partial charge on any atom is -0.475 e. The molecular weight excluding hydrogens is 379 g/mol. The molecular formula is C18H26F3N3O4. The number of aromatic nitrogens is 2. The summed E-state index contributed by atoms with van der Waals surface area (Å²) >= 11 is 0. The number of halogens is 3. The molecule has 2 aliphatic rings. The molecule has 1 saturated heterocycles. The summed E-state index contributed by atoms with van der Waals surface area (Å²) in [5, 5.41) is 11.4. The minimum atomic E-state index is -5.08. The molecule has 1 aliphatic carbocycles. The van der Waals surface area contributed by atoms with Gasteiger partial charge in [-0.25, -0.2) is 4.79 Å². The van der Waals surface area contributed by atoms with Crippen molar-refractivity contribution < 1.29 is 32.5 Å². The number of carboxylic acid groups (broad SMARTS) is 1. The predicted octanol–water partition coefficient (Wildman–Crippen LogP) is 2.24. The number of hydrogen-bond donors (Lipinski definition) is 1. The van der Waals surface area contributed by atoms with E-state index in [-0.39, 0.29) is 0 Å². The molecule has 0 radical (unpaired) electrons. The van der Waals surface area contributed by atoms with E-state index in [1.165, 1.54) is 18.4 Å². The van der Waals surface area contributed by atoms with Gasteiger partial charge in [0, 0.05) is 43.9 Å². The number of aliphatic carboxylic acids is 1. The van der Waals surface area contributed by atoms with Crippen molar-refractivity contribution in [1.29, 1.82) is 0 Å². The summed E-state index contributed by atoms with van der Waals surface area (Å²) in [4.78, 5) is 11.5. The van der Waals surface area contributed by atoms with Crippen LogP contribution in [0.15, 0.2) is 25.0 Å². The van der Waals surface area contributed by atoms with E-state index in [9.17, 15) is 13.2 Å². The van der Waals surface area contributed by atoms with E-state index >= 15 is 0 Å². The highest BCUT2D eigenvalue weighted by molar-refractivity contribution is 5.73. The van der Waals surface area contributed by atoms with Crippen molar-refractivity contribution in [1.82, 2.24) is 14.7 Å². The Balaban J connectivity index is 0.000000345. The van der Waals surface area contributed by atoms with Crippen LogP contribution in [0.25, 0.3) is 0 Å². The van der Waals surface area contributed by atoms with Crippen LogP contribution in [0.3, 0.4) is 0 Å². The number of hydrogen-bond acceptors (Lipinski definition) is 5. The van der Waals surface area contributed by atoms with Crippen molar-refractivity contribution in [2.75, 3.05) is 26.4 Å². The number of rotatable bonds is 6. The molecule has 1 aromatic heterocycles. The lowest BCUT2D eigenvalue weighted by atomic mass is 10.0. The molecule has 10 heteroatoms. The maximum Gasteiger partial charge on any atom is 0.490 e. The third-order valence-electron chi connectivity index (χ3n) is 4.79. The van der Waals surface area contributed by atoms with Crippen LogP contribution >= 0.6 is 0 Å². The molecule has 1 aliphatic heterocycles. The fourth-order valence-corrected chi connectivity index (χ4v) is 3.60. The fraction of sp³-hybridized carbons (Fsp3) is 0.667. The van der Waals surface area contributed by atoms with Gasteiger partial charge >= 0.3 is 12.1 Å². The molecule has 0 amide bonds. The lowest BCUT2D eigenvalue weighted by molar-refractivity contribution is -0.192. The number of fused-ring (bicyclic) bond motifs is 1. The Labute approximate surface area is 161 Å². The summed E-state index contributed by atoms with van der Waals surface area (Å²) in [7, 11) is 1.97. The van der Waals surface area contributed by atoms with Gasteiger partial charge in [-0.3, -0.25) is 9.58 Å². The second-order valence-corrected chi connectivity index (χ2v) is 6.86. The van der Waals surface area contributed by atoms with Gasteiger partial charge < -0.3 is 14.6 Å². The van der Waals surface area contributed by atoms with Crippen LogP contribution < -0.4 is 0 Å². The number of morpholine rings is 1. The normalized spacial score (nSPS) is 24.9. The Morgan fingerprint density at radius 2 is 2.21 bits per heavy atom. The lowest BCUT2D eigenvalue weighted by Crippen LogP contribution is -2.50. The van der Waals surface area contributed by atoms with E-state index in [4.69, 9.17) is 19.4 Å². The van der Waals surface area contributed by atoms with Crippen molar-refractivity contribution >= 4 is 5.97 Å². The number of ether oxygens (including phenoxy) is 2. The molecule has 1 saturated carbocycles. The van der Waals surface area contributed by atoms with Gasteiger partial charge in [0.05, 0.1) is 32.1 Å². The third-order valence-corrected chi connectivity index (χ3v) is 4.79. The van der Waals surface area contributed by atoms with E-state index in [0.717, 1.165) is 26.3 Å². The summed E-state index contributed by atoms with van der Waals surface area (Å²) in [6, 6.07) is 0.524. The Morgan fingerprint density at radius 1 is 1.50 bits per heavy atom. The molecule has 3 atom stereocenters. The average molecular weight is 405 g/mol. The van der Waals surface area contributed by atoms with Gasteiger partial charge in [0.2, 0.25) is 0 Å². The first-order chi connectivity index (χ1) is 13.2. The smallest absolute Gasteiger partial charge is 0.475 e. The van der Waals surface area contributed by atoms with Gasteiger partial charge in [0.25, 0.3) is 0 Å². The summed E-state index contributed by atoms with van der Waals surface area (Å²) in [6.45, 7) is 7.91. The Bertz CT molecular complexity index is 650. The summed E-state index contributed by atoms with van der Waals surface area (Å²) in [6.07, 6.45) is 3.50. The van der Waals surface area contributed by atoms with Gasteiger partial charge in [-0.1, -0.05) is 6.08 Å². The van der Waals surface area contributed by atoms with E-state index in [1.807, 2.05) is 24.0 Å². The fourth-order valence-electron chi connectivity index (χ4n) is 3.60. The molecule has 1 N–H and O–H groups in total. The van der Waals surface area contributed by atoms with Gasteiger partial charge in [-0.2, -0.15) is 18.3 Å². The van der Waals surface area contributed by atoms with Crippen LogP contribution in [-0.4, -0.2) is 70.4 Å². The molecule has 3 rings (SSSR count). The van der Waals surface area contributed by atoms with Gasteiger partial charge in [0.15, 0.2) is 0 Å². The van der Waals surface area contributed by atoms with E-state index in [2.05, 4.69) is 22.8 Å². The first-order valence-electron chi connectivity index (χ1n) is 9.04. The van der Waals surface area contributed by atoms with Gasteiger partial charge in [-0.05, 0) is 12.8 Å². The maximum atomic E-state index is 10.6. The predicted molar refractivity (Wildman–Crippen MR) is 94.6 cm³/mol. The molecule has 0 bridgehead atoms. The van der Waals surface area contributed by atoms with Crippen LogP contribution in [0.2, 0.25) is 0 Å². The second-order valence-electron chi connectivity index (χ2n) is 6.86. The van der Waals surface area contributed by atoms with E-state index in [0.29, 0.717) is 24.7 Å². The van der Waals surface area contributed by atoms with Crippen LogP contribution in [0, 0.1) is 5.92 Å². The largest absolute Gasteiger partial charge is 0.490 e. The molecule has 2 fully saturated rings. The second kappa shape index (κ2) is 10.0. The Morgan fingerprint density at radius 3 is 2.79 bits per heavy atom. The van der Waals surface area contributed by atoms with E-state index < -0.39 is 12.1 Å². The van der Waals surface area contributed by atoms with Gasteiger partial charge in [-0.15, -0.1) is 6.58 Å². The number of nitrogens with zero attached hydrogens (tertiary/aromatic N) is 3. The first-order valence-corrected chi connectivity index (χ1v) is 9.04. The molecule has 158 valence electrons. The quantitative estimate of drug-likeness (QED) is 0.578. The topological polar surface area (TPSA) is 76.8 Å². The summed E-state index contributed by atoms with van der Waals surface area (Å²) in [5.41, 5.74) is 1.28. The van der Waals surface area contributed by atoms with Crippen molar-refractivity contribution in [2.45, 2.75) is 37.7 Å². The zero-order valence-electron chi connectivity index (χ0n) is 15.8. The van der Waals surface area contributed by atoms with Gasteiger partial charge in [0.1, 0.15) is 0 Å². The highest BCUT2D eigenvalue weighted by Crippen LogP contribution is 2.35. The van der Waals surface area contributed by atoms with Crippen molar-refractivity contribution in [3.05, 3.63) is 30.6 Å². The van der Waals surface area contributed by atoms with E-state index in [1.54, 1.807) is 0 Å². The third kappa shape index (κ3) is 6.32. The average Bonchev–Trinajstić information content (AvgIpc) is 3.22. The van der Waals surface area contributed by atoms with Crippen LogP contribution in [0.4, 0.5) is 13.2 Å². The number of carbonyl (C=O) groups is 1. The van der Waals surface area contributed by atoms with Crippen LogP contribution in [0.5, 0.6) is 0 Å². The highest BCUT2D eigenvalue weighted by Gasteiger charge is 2.42. The standard InChI is InChI=1S/C16H25N3O2.C2HF3O2/c1-3-7-20-12-14-4-5-15-16(14)21-8-6-19(15)11-13-9-17-18(2)10-13;3-2(4,5)1(6)7/h3,9-10,14-16H,1,4-8,11-12H2,2H3;(H,6,7). The van der Waals surface area contributed by atoms with Crippen molar-refractivity contribution in [2.24, 2.45) is 13.0 Å². The zero-order valence-corrected chi connectivity index (χ0v) is 15.8. The Hall–Kier alpha value is -1.91. The highest BCUT2D eigenvalue weighted by atomic mass is 19.4. The first kappa shape index (κ1) is 22.4. The maximum absolute atomic E-state index is 10.6. The van der Waals surface area contributed by atoms with Crippen LogP contribution in [0.1, 0.15) is 18.4 Å². The lowest BCUT2D eigenvalue weighted by Gasteiger charge is -2.39. The summed E-state index contributed by atoms with van der Waals surface area (Å²) < 4.78 is 45.3. The van der Waals surface area contributed by atoms with Crippen molar-refractivity contribution in [3.8, 4) is 0 Å². The molecule has 1 aromatic rings. The van der Waals surface area contributed by atoms with Crippen molar-refractivity contribution in [3.63, 3.8) is 0 Å².